The largest absolute Gasteiger partial charge is 0.416 e. The van der Waals surface area contributed by atoms with Gasteiger partial charge in [-0.15, -0.1) is 0 Å². The first-order valence-corrected chi connectivity index (χ1v) is 4.59. The summed E-state index contributed by atoms with van der Waals surface area (Å²) in [6, 6.07) is 2.23. The highest BCUT2D eigenvalue weighted by Gasteiger charge is 2.33. The smallest absolute Gasteiger partial charge is 0.258 e. The van der Waals surface area contributed by atoms with Gasteiger partial charge in [0.15, 0.2) is 0 Å². The molecular formula is C9H5F3N4O2. The van der Waals surface area contributed by atoms with Crippen LogP contribution in [0.1, 0.15) is 5.56 Å². The molecule has 0 radical (unpaired) electrons. The highest BCUT2D eigenvalue weighted by atomic mass is 19.4. The Morgan fingerprint density at radius 2 is 2.00 bits per heavy atom. The van der Waals surface area contributed by atoms with Crippen LogP contribution >= 0.6 is 0 Å². The maximum Gasteiger partial charge on any atom is 0.416 e. The minimum atomic E-state index is -4.67. The van der Waals surface area contributed by atoms with Crippen molar-refractivity contribution in [3.8, 4) is 5.69 Å². The summed E-state index contributed by atoms with van der Waals surface area (Å²) >= 11 is 0. The minimum Gasteiger partial charge on any atom is -0.258 e. The quantitative estimate of drug-likeness (QED) is 0.611. The molecule has 0 N–H and O–H groups in total. The summed E-state index contributed by atoms with van der Waals surface area (Å²) in [6.07, 6.45) is -2.40. The standard InChI is InChI=1S/C9H5F3N4O2/c10-9(11,12)6-1-7(15-5-13-4-14-15)3-8(2-6)16(17)18/h1-5H. The van der Waals surface area contributed by atoms with E-state index >= 15 is 0 Å². The minimum absolute atomic E-state index is 0.0750. The second kappa shape index (κ2) is 4.09. The molecule has 1 heterocycles. The van der Waals surface area contributed by atoms with Crippen LogP contribution in [0.4, 0.5) is 18.9 Å². The number of nitro benzene ring substituents is 1. The molecule has 6 nitrogen and oxygen atoms in total. The number of hydrogen-bond donors (Lipinski definition) is 0. The van der Waals surface area contributed by atoms with Crippen LogP contribution in [0.15, 0.2) is 30.9 Å². The number of non-ortho nitro benzene ring substituents is 1. The molecule has 0 amide bonds. The Morgan fingerprint density at radius 1 is 1.28 bits per heavy atom. The van der Waals surface area contributed by atoms with Crippen LogP contribution < -0.4 is 0 Å². The van der Waals surface area contributed by atoms with Gasteiger partial charge in [-0.2, -0.15) is 18.3 Å². The van der Waals surface area contributed by atoms with E-state index in [9.17, 15) is 23.3 Å². The van der Waals surface area contributed by atoms with E-state index in [0.29, 0.717) is 6.07 Å². The Bertz CT molecular complexity index is 580. The van der Waals surface area contributed by atoms with Gasteiger partial charge in [-0.3, -0.25) is 10.1 Å². The summed E-state index contributed by atoms with van der Waals surface area (Å²) in [5.41, 5.74) is -1.84. The highest BCUT2D eigenvalue weighted by molar-refractivity contribution is 5.47. The van der Waals surface area contributed by atoms with Gasteiger partial charge in [0.1, 0.15) is 12.7 Å². The molecule has 0 fully saturated rings. The Labute approximate surface area is 97.8 Å². The molecule has 0 spiro atoms. The number of aromatic nitrogens is 3. The van der Waals surface area contributed by atoms with Crippen molar-refractivity contribution in [3.05, 3.63) is 46.5 Å². The van der Waals surface area contributed by atoms with Crippen LogP contribution in [0.5, 0.6) is 0 Å². The molecule has 2 rings (SSSR count). The first-order valence-electron chi connectivity index (χ1n) is 4.59. The van der Waals surface area contributed by atoms with E-state index in [4.69, 9.17) is 0 Å². The van der Waals surface area contributed by atoms with E-state index < -0.39 is 22.4 Å². The van der Waals surface area contributed by atoms with E-state index in [1.54, 1.807) is 0 Å². The van der Waals surface area contributed by atoms with Crippen LogP contribution in [-0.2, 0) is 6.18 Å². The van der Waals surface area contributed by atoms with Crippen molar-refractivity contribution in [3.63, 3.8) is 0 Å². The van der Waals surface area contributed by atoms with Crippen molar-refractivity contribution in [1.29, 1.82) is 0 Å². The zero-order chi connectivity index (χ0) is 13.3. The molecule has 1 aromatic carbocycles. The van der Waals surface area contributed by atoms with Crippen LogP contribution in [0.2, 0.25) is 0 Å². The van der Waals surface area contributed by atoms with Crippen molar-refractivity contribution < 1.29 is 18.1 Å². The van der Waals surface area contributed by atoms with Crippen molar-refractivity contribution in [2.45, 2.75) is 6.18 Å². The van der Waals surface area contributed by atoms with Gasteiger partial charge in [-0.1, -0.05) is 0 Å². The van der Waals surface area contributed by atoms with Gasteiger partial charge in [-0.05, 0) is 6.07 Å². The fraction of sp³-hybridized carbons (Fsp3) is 0.111. The lowest BCUT2D eigenvalue weighted by atomic mass is 10.1. The average molecular weight is 258 g/mol. The van der Waals surface area contributed by atoms with Gasteiger partial charge >= 0.3 is 6.18 Å². The first kappa shape index (κ1) is 12.0. The SMILES string of the molecule is O=[N+]([O-])c1cc(-n2cncn2)cc(C(F)(F)F)c1. The number of rotatable bonds is 2. The molecule has 0 aliphatic carbocycles. The van der Waals surface area contributed by atoms with Crippen molar-refractivity contribution in [2.24, 2.45) is 0 Å². The van der Waals surface area contributed by atoms with E-state index in [2.05, 4.69) is 10.1 Å². The highest BCUT2D eigenvalue weighted by Crippen LogP contribution is 2.33. The van der Waals surface area contributed by atoms with Gasteiger partial charge in [0.2, 0.25) is 0 Å². The second-order valence-electron chi connectivity index (χ2n) is 3.33. The summed E-state index contributed by atoms with van der Waals surface area (Å²) in [5.74, 6) is 0. The van der Waals surface area contributed by atoms with Gasteiger partial charge in [0.25, 0.3) is 5.69 Å². The number of alkyl halides is 3. The first-order chi connectivity index (χ1) is 8.38. The molecule has 94 valence electrons. The second-order valence-corrected chi connectivity index (χ2v) is 3.33. The third kappa shape index (κ3) is 2.29. The number of halogens is 3. The molecule has 0 aliphatic rings. The fourth-order valence-electron chi connectivity index (χ4n) is 1.34. The number of benzene rings is 1. The Hall–Kier alpha value is -2.45. The maximum atomic E-state index is 12.6. The van der Waals surface area contributed by atoms with Crippen molar-refractivity contribution in [1.82, 2.24) is 14.8 Å². The average Bonchev–Trinajstić information content (AvgIpc) is 2.80. The molecule has 0 saturated heterocycles. The van der Waals surface area contributed by atoms with Crippen LogP contribution in [0, 0.1) is 10.1 Å². The molecule has 18 heavy (non-hydrogen) atoms. The molecule has 0 unspecified atom stereocenters. The third-order valence-corrected chi connectivity index (χ3v) is 2.12. The zero-order valence-corrected chi connectivity index (χ0v) is 8.63. The van der Waals surface area contributed by atoms with Gasteiger partial charge in [0, 0.05) is 12.1 Å². The van der Waals surface area contributed by atoms with Crippen LogP contribution in [-0.4, -0.2) is 19.7 Å². The summed E-state index contributed by atoms with van der Waals surface area (Å²) in [6.45, 7) is 0. The van der Waals surface area contributed by atoms with Crippen molar-refractivity contribution >= 4 is 5.69 Å². The predicted molar refractivity (Wildman–Crippen MR) is 53.0 cm³/mol. The number of hydrogen-bond acceptors (Lipinski definition) is 4. The maximum absolute atomic E-state index is 12.6. The molecule has 9 heteroatoms. The van der Waals surface area contributed by atoms with E-state index in [1.807, 2.05) is 0 Å². The summed E-state index contributed by atoms with van der Waals surface area (Å²) in [7, 11) is 0. The van der Waals surface area contributed by atoms with Gasteiger partial charge in [-0.25, -0.2) is 9.67 Å². The summed E-state index contributed by atoms with van der Waals surface area (Å²) in [4.78, 5) is 13.3. The predicted octanol–water partition coefficient (Wildman–Crippen LogP) is 2.19. The molecule has 0 bridgehead atoms. The summed E-state index contributed by atoms with van der Waals surface area (Å²) < 4.78 is 38.8. The molecule has 0 atom stereocenters. The van der Waals surface area contributed by atoms with E-state index in [1.165, 1.54) is 0 Å². The normalized spacial score (nSPS) is 11.5. The molecule has 2 aromatic rings. The lowest BCUT2D eigenvalue weighted by Gasteiger charge is -2.08. The zero-order valence-electron chi connectivity index (χ0n) is 8.63. The molecule has 0 saturated carbocycles. The van der Waals surface area contributed by atoms with Crippen LogP contribution in [0.3, 0.4) is 0 Å². The fourth-order valence-corrected chi connectivity index (χ4v) is 1.34. The third-order valence-electron chi connectivity index (χ3n) is 2.12. The topological polar surface area (TPSA) is 73.8 Å². The Kier molecular flexibility index (Phi) is 2.73. The van der Waals surface area contributed by atoms with Crippen molar-refractivity contribution in [2.75, 3.05) is 0 Å². The lowest BCUT2D eigenvalue weighted by Crippen LogP contribution is -2.08. The molecular weight excluding hydrogens is 253 g/mol. The van der Waals surface area contributed by atoms with Gasteiger partial charge in [0.05, 0.1) is 16.2 Å². The Morgan fingerprint density at radius 3 is 2.50 bits per heavy atom. The van der Waals surface area contributed by atoms with Gasteiger partial charge < -0.3 is 0 Å². The Balaban J connectivity index is 2.61. The van der Waals surface area contributed by atoms with E-state index in [-0.39, 0.29) is 5.69 Å². The monoisotopic (exact) mass is 258 g/mol. The number of nitro groups is 1. The van der Waals surface area contributed by atoms with Crippen LogP contribution in [0.25, 0.3) is 5.69 Å². The lowest BCUT2D eigenvalue weighted by molar-refractivity contribution is -0.385. The van der Waals surface area contributed by atoms with E-state index in [0.717, 1.165) is 29.5 Å². The molecule has 1 aromatic heterocycles. The summed E-state index contributed by atoms with van der Waals surface area (Å²) in [5, 5.41) is 14.2. The molecule has 0 aliphatic heterocycles. The number of nitrogens with zero attached hydrogens (tertiary/aromatic N) is 4.